The average molecular weight is 313 g/mol. The van der Waals surface area contributed by atoms with E-state index in [4.69, 9.17) is 16.3 Å². The number of aliphatic hydroxyl groups is 1. The van der Waals surface area contributed by atoms with Gasteiger partial charge in [0.1, 0.15) is 0 Å². The Labute approximate surface area is 132 Å². The molecule has 0 saturated carbocycles. The Morgan fingerprint density at radius 3 is 2.86 bits per heavy atom. The van der Waals surface area contributed by atoms with Crippen LogP contribution in [0, 0.1) is 0 Å². The van der Waals surface area contributed by atoms with E-state index in [1.807, 2.05) is 19.1 Å². The van der Waals surface area contributed by atoms with Gasteiger partial charge in [0.25, 0.3) is 0 Å². The summed E-state index contributed by atoms with van der Waals surface area (Å²) in [6.45, 7) is 8.66. The van der Waals surface area contributed by atoms with Crippen molar-refractivity contribution in [1.82, 2.24) is 5.32 Å². The number of morpholine rings is 1. The molecule has 0 aromatic heterocycles. The molecule has 1 heterocycles. The van der Waals surface area contributed by atoms with Crippen molar-refractivity contribution in [2.75, 3.05) is 24.6 Å². The van der Waals surface area contributed by atoms with Crippen LogP contribution in [-0.4, -0.2) is 43.1 Å². The van der Waals surface area contributed by atoms with E-state index < -0.39 is 0 Å². The molecule has 5 heteroatoms. The van der Waals surface area contributed by atoms with Gasteiger partial charge < -0.3 is 20.1 Å². The molecule has 1 aromatic carbocycles. The van der Waals surface area contributed by atoms with Crippen molar-refractivity contribution < 1.29 is 9.84 Å². The van der Waals surface area contributed by atoms with Crippen LogP contribution in [-0.2, 0) is 11.3 Å². The molecule has 118 valence electrons. The molecule has 0 amide bonds. The highest BCUT2D eigenvalue weighted by Gasteiger charge is 2.26. The lowest BCUT2D eigenvalue weighted by Gasteiger charge is -2.38. The number of hydrogen-bond acceptors (Lipinski definition) is 4. The maximum atomic E-state index is 9.38. The van der Waals surface area contributed by atoms with Crippen LogP contribution in [0.2, 0.25) is 5.02 Å². The molecule has 1 saturated heterocycles. The number of hydrogen-bond donors (Lipinski definition) is 2. The molecule has 0 spiro atoms. The molecule has 2 atom stereocenters. The Morgan fingerprint density at radius 1 is 1.43 bits per heavy atom. The largest absolute Gasteiger partial charge is 0.394 e. The lowest BCUT2D eigenvalue weighted by molar-refractivity contribution is -0.0421. The van der Waals surface area contributed by atoms with Crippen LogP contribution < -0.4 is 10.2 Å². The summed E-state index contributed by atoms with van der Waals surface area (Å²) in [5.41, 5.74) is 2.35. The zero-order valence-electron chi connectivity index (χ0n) is 13.0. The number of ether oxygens (including phenoxy) is 1. The van der Waals surface area contributed by atoms with Crippen LogP contribution in [0.15, 0.2) is 18.2 Å². The highest BCUT2D eigenvalue weighted by atomic mass is 35.5. The number of nitrogens with zero attached hydrogens (tertiary/aromatic N) is 1. The van der Waals surface area contributed by atoms with Crippen molar-refractivity contribution in [3.8, 4) is 0 Å². The van der Waals surface area contributed by atoms with Gasteiger partial charge in [-0.15, -0.1) is 0 Å². The minimum atomic E-state index is -0.129. The number of nitrogens with one attached hydrogen (secondary N) is 1. The molecule has 0 aliphatic carbocycles. The lowest BCUT2D eigenvalue weighted by Crippen LogP contribution is -2.48. The Kier molecular flexibility index (Phi) is 5.88. The summed E-state index contributed by atoms with van der Waals surface area (Å²) < 4.78 is 5.72. The van der Waals surface area contributed by atoms with Gasteiger partial charge in [-0.2, -0.15) is 0 Å². The summed E-state index contributed by atoms with van der Waals surface area (Å²) in [5.74, 6) is 0. The SMILES string of the molecule is CC(C)NCc1cc(Cl)ccc1N1CC(C)OC(CO)C1. The third-order valence-electron chi connectivity index (χ3n) is 3.61. The Morgan fingerprint density at radius 2 is 2.19 bits per heavy atom. The number of rotatable bonds is 5. The van der Waals surface area contributed by atoms with E-state index in [0.717, 1.165) is 18.1 Å². The molecule has 0 radical (unpaired) electrons. The Bertz CT molecular complexity index is 468. The van der Waals surface area contributed by atoms with E-state index in [-0.39, 0.29) is 18.8 Å². The third-order valence-corrected chi connectivity index (χ3v) is 3.85. The summed E-state index contributed by atoms with van der Waals surface area (Å²) in [5, 5.41) is 13.6. The van der Waals surface area contributed by atoms with E-state index in [2.05, 4.69) is 30.1 Å². The Hall–Kier alpha value is -0.810. The zero-order chi connectivity index (χ0) is 15.4. The predicted octanol–water partition coefficient (Wildman–Crippen LogP) is 2.42. The summed E-state index contributed by atoms with van der Waals surface area (Å²) >= 11 is 6.14. The summed E-state index contributed by atoms with van der Waals surface area (Å²) in [6.07, 6.45) is -0.0205. The van der Waals surface area contributed by atoms with E-state index in [0.29, 0.717) is 12.6 Å². The monoisotopic (exact) mass is 312 g/mol. The van der Waals surface area contributed by atoms with Gasteiger partial charge in [-0.3, -0.25) is 0 Å². The molecule has 1 aliphatic heterocycles. The van der Waals surface area contributed by atoms with E-state index in [9.17, 15) is 5.11 Å². The van der Waals surface area contributed by atoms with Crippen LogP contribution >= 0.6 is 11.6 Å². The maximum absolute atomic E-state index is 9.38. The third kappa shape index (κ3) is 4.58. The molecule has 2 N–H and O–H groups in total. The zero-order valence-corrected chi connectivity index (χ0v) is 13.7. The number of benzene rings is 1. The number of anilines is 1. The molecular formula is C16H25ClN2O2. The fourth-order valence-corrected chi connectivity index (χ4v) is 2.86. The number of halogens is 1. The molecule has 2 rings (SSSR count). The first-order chi connectivity index (χ1) is 9.99. The smallest absolute Gasteiger partial charge is 0.0984 e. The van der Waals surface area contributed by atoms with Gasteiger partial charge in [-0.05, 0) is 30.7 Å². The highest BCUT2D eigenvalue weighted by molar-refractivity contribution is 6.30. The van der Waals surface area contributed by atoms with E-state index >= 15 is 0 Å². The van der Waals surface area contributed by atoms with Crippen molar-refractivity contribution in [2.45, 2.75) is 45.6 Å². The summed E-state index contributed by atoms with van der Waals surface area (Å²) in [6, 6.07) is 6.42. The lowest BCUT2D eigenvalue weighted by atomic mass is 10.1. The van der Waals surface area contributed by atoms with Crippen molar-refractivity contribution in [2.24, 2.45) is 0 Å². The summed E-state index contributed by atoms with van der Waals surface area (Å²) in [7, 11) is 0. The topological polar surface area (TPSA) is 44.7 Å². The van der Waals surface area contributed by atoms with E-state index in [1.165, 1.54) is 11.3 Å². The van der Waals surface area contributed by atoms with Crippen molar-refractivity contribution in [1.29, 1.82) is 0 Å². The van der Waals surface area contributed by atoms with Gasteiger partial charge in [0.15, 0.2) is 0 Å². The second-order valence-corrected chi connectivity index (χ2v) is 6.40. The van der Waals surface area contributed by atoms with Gasteiger partial charge in [0, 0.05) is 36.4 Å². The average Bonchev–Trinajstić information content (AvgIpc) is 2.44. The van der Waals surface area contributed by atoms with Crippen LogP contribution in [0.3, 0.4) is 0 Å². The second-order valence-electron chi connectivity index (χ2n) is 5.96. The van der Waals surface area contributed by atoms with Gasteiger partial charge in [-0.25, -0.2) is 0 Å². The Balaban J connectivity index is 2.20. The summed E-state index contributed by atoms with van der Waals surface area (Å²) in [4.78, 5) is 2.28. The minimum absolute atomic E-state index is 0.0496. The first-order valence-corrected chi connectivity index (χ1v) is 7.90. The van der Waals surface area contributed by atoms with E-state index in [1.54, 1.807) is 0 Å². The van der Waals surface area contributed by atoms with Crippen LogP contribution in [0.25, 0.3) is 0 Å². The normalized spacial score (nSPS) is 22.9. The van der Waals surface area contributed by atoms with Crippen LogP contribution in [0.1, 0.15) is 26.3 Å². The fraction of sp³-hybridized carbons (Fsp3) is 0.625. The van der Waals surface area contributed by atoms with Gasteiger partial charge in [0.05, 0.1) is 18.8 Å². The minimum Gasteiger partial charge on any atom is -0.394 e. The number of aliphatic hydroxyl groups excluding tert-OH is 1. The van der Waals surface area contributed by atoms with Crippen LogP contribution in [0.4, 0.5) is 5.69 Å². The highest BCUT2D eigenvalue weighted by Crippen LogP contribution is 2.27. The predicted molar refractivity (Wildman–Crippen MR) is 87.1 cm³/mol. The second kappa shape index (κ2) is 7.45. The van der Waals surface area contributed by atoms with Gasteiger partial charge >= 0.3 is 0 Å². The molecule has 4 nitrogen and oxygen atoms in total. The quantitative estimate of drug-likeness (QED) is 0.876. The first-order valence-electron chi connectivity index (χ1n) is 7.52. The molecular weight excluding hydrogens is 288 g/mol. The van der Waals surface area contributed by atoms with Crippen molar-refractivity contribution in [3.05, 3.63) is 28.8 Å². The van der Waals surface area contributed by atoms with Gasteiger partial charge in [0.2, 0.25) is 0 Å². The maximum Gasteiger partial charge on any atom is 0.0984 e. The van der Waals surface area contributed by atoms with Crippen molar-refractivity contribution in [3.63, 3.8) is 0 Å². The van der Waals surface area contributed by atoms with Gasteiger partial charge in [-0.1, -0.05) is 25.4 Å². The molecule has 21 heavy (non-hydrogen) atoms. The van der Waals surface area contributed by atoms with Crippen LogP contribution in [0.5, 0.6) is 0 Å². The standard InChI is InChI=1S/C16H25ClN2O2/c1-11(2)18-7-13-6-14(17)4-5-16(13)19-8-12(3)21-15(9-19)10-20/h4-6,11-12,15,18,20H,7-10H2,1-3H3. The molecule has 1 aliphatic rings. The molecule has 2 unspecified atom stereocenters. The molecule has 1 fully saturated rings. The molecule has 1 aromatic rings. The fourth-order valence-electron chi connectivity index (χ4n) is 2.66. The molecule has 0 bridgehead atoms. The first kappa shape index (κ1) is 16.6. The van der Waals surface area contributed by atoms with Crippen molar-refractivity contribution >= 4 is 17.3 Å².